The first-order chi connectivity index (χ1) is 13.8. The molecule has 0 aliphatic rings. The fourth-order valence-corrected chi connectivity index (χ4v) is 2.62. The van der Waals surface area contributed by atoms with Crippen LogP contribution in [0, 0.1) is 0 Å². The van der Waals surface area contributed by atoms with E-state index >= 15 is 0 Å². The monoisotopic (exact) mass is 401 g/mol. The highest BCUT2D eigenvalue weighted by Crippen LogP contribution is 2.18. The van der Waals surface area contributed by atoms with Crippen LogP contribution in [0.25, 0.3) is 0 Å². The van der Waals surface area contributed by atoms with Crippen LogP contribution in [-0.4, -0.2) is 69.9 Å². The Kier molecular flexibility index (Phi) is 8.14. The van der Waals surface area contributed by atoms with Gasteiger partial charge in [0.2, 0.25) is 5.91 Å². The molecule has 9 heteroatoms. The Morgan fingerprint density at radius 2 is 2.17 bits per heavy atom. The fourth-order valence-electron chi connectivity index (χ4n) is 2.62. The molecule has 0 aliphatic heterocycles. The summed E-state index contributed by atoms with van der Waals surface area (Å²) in [6.45, 7) is 5.11. The third kappa shape index (κ3) is 7.19. The van der Waals surface area contributed by atoms with Gasteiger partial charge >= 0.3 is 0 Å². The lowest BCUT2D eigenvalue weighted by Gasteiger charge is -2.24. The molecule has 158 valence electrons. The van der Waals surface area contributed by atoms with E-state index in [1.54, 1.807) is 49.2 Å². The zero-order valence-corrected chi connectivity index (χ0v) is 17.6. The summed E-state index contributed by atoms with van der Waals surface area (Å²) in [4.78, 5) is 22.6. The number of aromatic nitrogens is 3. The molecule has 2 heterocycles. The Balaban J connectivity index is 1.87. The Hall–Kier alpha value is -2.94. The predicted octanol–water partition coefficient (Wildman–Crippen LogP) is 0.279. The first kappa shape index (κ1) is 22.4. The highest BCUT2D eigenvalue weighted by atomic mass is 16.3. The minimum atomic E-state index is -1.12. The number of aryl methyl sites for hydroxylation is 1. The molecule has 2 aromatic rings. The average molecular weight is 402 g/mol. The van der Waals surface area contributed by atoms with Crippen molar-refractivity contribution in [1.29, 1.82) is 0 Å². The predicted molar refractivity (Wildman–Crippen MR) is 112 cm³/mol. The number of hydrogen-bond donors (Lipinski definition) is 3. The molecule has 0 radical (unpaired) electrons. The molecular weight excluding hydrogens is 370 g/mol. The van der Waals surface area contributed by atoms with E-state index in [1.807, 2.05) is 25.1 Å². The zero-order valence-electron chi connectivity index (χ0n) is 17.6. The van der Waals surface area contributed by atoms with Crippen molar-refractivity contribution in [2.24, 2.45) is 12.0 Å². The minimum absolute atomic E-state index is 0.0170. The first-order valence-electron chi connectivity index (χ1n) is 9.69. The van der Waals surface area contributed by atoms with E-state index < -0.39 is 5.60 Å². The van der Waals surface area contributed by atoms with Gasteiger partial charge in [-0.1, -0.05) is 6.07 Å². The Labute approximate surface area is 171 Å². The third-order valence-corrected chi connectivity index (χ3v) is 4.50. The van der Waals surface area contributed by atoms with Crippen molar-refractivity contribution in [2.45, 2.75) is 25.9 Å². The van der Waals surface area contributed by atoms with Crippen LogP contribution in [0.2, 0.25) is 0 Å². The second kappa shape index (κ2) is 10.6. The molecule has 0 spiro atoms. The summed E-state index contributed by atoms with van der Waals surface area (Å²) in [5, 5.41) is 21.0. The van der Waals surface area contributed by atoms with Crippen LogP contribution in [0.1, 0.15) is 25.1 Å². The summed E-state index contributed by atoms with van der Waals surface area (Å²) in [7, 11) is 3.56. The maximum Gasteiger partial charge on any atom is 0.244 e. The molecule has 9 nitrogen and oxygen atoms in total. The number of carbonyl (C=O) groups excluding carboxylic acids is 1. The smallest absolute Gasteiger partial charge is 0.244 e. The number of aliphatic imine (C=N–C) groups is 1. The van der Waals surface area contributed by atoms with Gasteiger partial charge in [0.15, 0.2) is 5.96 Å². The van der Waals surface area contributed by atoms with E-state index in [2.05, 4.69) is 25.7 Å². The van der Waals surface area contributed by atoms with Crippen LogP contribution >= 0.6 is 0 Å². The van der Waals surface area contributed by atoms with Gasteiger partial charge in [-0.3, -0.25) is 14.5 Å². The van der Waals surface area contributed by atoms with Gasteiger partial charge in [0.25, 0.3) is 0 Å². The van der Waals surface area contributed by atoms with E-state index in [0.29, 0.717) is 31.0 Å². The topological polar surface area (TPSA) is 108 Å². The minimum Gasteiger partial charge on any atom is -0.383 e. The van der Waals surface area contributed by atoms with Gasteiger partial charge in [-0.25, -0.2) is 4.99 Å². The van der Waals surface area contributed by atoms with Crippen molar-refractivity contribution in [3.8, 4) is 0 Å². The van der Waals surface area contributed by atoms with Gasteiger partial charge in [0.1, 0.15) is 12.1 Å². The number of amides is 1. The van der Waals surface area contributed by atoms with Crippen molar-refractivity contribution in [2.75, 3.05) is 33.2 Å². The highest BCUT2D eigenvalue weighted by Gasteiger charge is 2.25. The van der Waals surface area contributed by atoms with Gasteiger partial charge < -0.3 is 20.6 Å². The molecule has 0 aromatic carbocycles. The van der Waals surface area contributed by atoms with Crippen LogP contribution < -0.4 is 10.6 Å². The maximum absolute atomic E-state index is 12.4. The second-order valence-electron chi connectivity index (χ2n) is 7.11. The van der Waals surface area contributed by atoms with Crippen molar-refractivity contribution >= 4 is 11.9 Å². The molecule has 0 aliphatic carbocycles. The zero-order chi connectivity index (χ0) is 21.3. The summed E-state index contributed by atoms with van der Waals surface area (Å²) in [5.74, 6) is 0.389. The molecule has 2 aromatic heterocycles. The molecule has 29 heavy (non-hydrogen) atoms. The van der Waals surface area contributed by atoms with E-state index in [1.165, 1.54) is 0 Å². The molecule has 0 saturated carbocycles. The van der Waals surface area contributed by atoms with Gasteiger partial charge in [0, 0.05) is 57.3 Å². The molecule has 0 bridgehead atoms. The first-order valence-corrected chi connectivity index (χ1v) is 9.69. The number of nitrogens with zero attached hydrogens (tertiary/aromatic N) is 5. The standard InChI is InChI=1S/C20H31N7O2/c1-5-21-19(24-15-20(2,29)16-12-25-27(4)14-16)23-13-18(28)26(3)11-9-17-8-6-7-10-22-17/h6-8,10,12,14,29H,5,9,11,13,15H2,1-4H3,(H2,21,23,24). The quantitative estimate of drug-likeness (QED) is 0.411. The molecular formula is C20H31N7O2. The number of likely N-dealkylation sites (N-methyl/N-ethyl adjacent to an activating group) is 1. The molecule has 0 fully saturated rings. The van der Waals surface area contributed by atoms with E-state index in [4.69, 9.17) is 0 Å². The number of nitrogens with one attached hydrogen (secondary N) is 2. The Morgan fingerprint density at radius 1 is 1.38 bits per heavy atom. The van der Waals surface area contributed by atoms with Crippen LogP contribution in [-0.2, 0) is 23.9 Å². The third-order valence-electron chi connectivity index (χ3n) is 4.50. The van der Waals surface area contributed by atoms with E-state index in [0.717, 1.165) is 5.69 Å². The largest absolute Gasteiger partial charge is 0.383 e. The summed E-state index contributed by atoms with van der Waals surface area (Å²) in [6, 6.07) is 5.75. The van der Waals surface area contributed by atoms with E-state index in [-0.39, 0.29) is 19.0 Å². The van der Waals surface area contributed by atoms with Gasteiger partial charge in [0.05, 0.1) is 12.7 Å². The van der Waals surface area contributed by atoms with Crippen LogP contribution in [0.3, 0.4) is 0 Å². The molecule has 1 amide bonds. The molecule has 1 atom stereocenters. The summed E-state index contributed by atoms with van der Waals surface area (Å²) < 4.78 is 1.64. The summed E-state index contributed by atoms with van der Waals surface area (Å²) >= 11 is 0. The molecule has 2 rings (SSSR count). The molecule has 1 unspecified atom stereocenters. The maximum atomic E-state index is 12.4. The van der Waals surface area contributed by atoms with E-state index in [9.17, 15) is 9.90 Å². The second-order valence-corrected chi connectivity index (χ2v) is 7.11. The lowest BCUT2D eigenvalue weighted by Crippen LogP contribution is -2.45. The SMILES string of the molecule is CCNC(=NCC(=O)N(C)CCc1ccccn1)NCC(C)(O)c1cnn(C)c1. The van der Waals surface area contributed by atoms with Crippen LogP contribution in [0.5, 0.6) is 0 Å². The lowest BCUT2D eigenvalue weighted by atomic mass is 10.00. The van der Waals surface area contributed by atoms with Crippen molar-refractivity contribution in [3.63, 3.8) is 0 Å². The van der Waals surface area contributed by atoms with Gasteiger partial charge in [-0.05, 0) is 26.0 Å². The summed E-state index contributed by atoms with van der Waals surface area (Å²) in [6.07, 6.45) is 5.84. The number of hydrogen-bond acceptors (Lipinski definition) is 5. The van der Waals surface area contributed by atoms with Crippen LogP contribution in [0.4, 0.5) is 0 Å². The fraction of sp³-hybridized carbons (Fsp3) is 0.500. The van der Waals surface area contributed by atoms with Gasteiger partial charge in [-0.2, -0.15) is 5.10 Å². The van der Waals surface area contributed by atoms with Gasteiger partial charge in [-0.15, -0.1) is 0 Å². The normalized spacial score (nSPS) is 13.6. The number of guanidine groups is 1. The van der Waals surface area contributed by atoms with Crippen molar-refractivity contribution in [3.05, 3.63) is 48.0 Å². The highest BCUT2D eigenvalue weighted by molar-refractivity contribution is 5.84. The number of rotatable bonds is 9. The Morgan fingerprint density at radius 3 is 2.79 bits per heavy atom. The van der Waals surface area contributed by atoms with Crippen LogP contribution in [0.15, 0.2) is 41.8 Å². The van der Waals surface area contributed by atoms with Crippen molar-refractivity contribution < 1.29 is 9.90 Å². The lowest BCUT2D eigenvalue weighted by molar-refractivity contribution is -0.128. The summed E-state index contributed by atoms with van der Waals surface area (Å²) in [5.41, 5.74) is 0.533. The average Bonchev–Trinajstić information content (AvgIpc) is 3.16. The number of carbonyl (C=O) groups is 1. The van der Waals surface area contributed by atoms with Crippen molar-refractivity contribution in [1.82, 2.24) is 30.3 Å². The number of pyridine rings is 1. The Bertz CT molecular complexity index is 802. The number of aliphatic hydroxyl groups is 1. The molecule has 3 N–H and O–H groups in total. The molecule has 0 saturated heterocycles.